The molecule has 0 aliphatic carbocycles. The zero-order valence-corrected chi connectivity index (χ0v) is 23.9. The fourth-order valence-corrected chi connectivity index (χ4v) is 5.45. The standard InChI is InChI=1S/C29H32N2O7S/c1-8-37-28(33)25-17(4)30-29-31(26(25)18-9-11-20(12-10-18)38-16(2)3)27(32)24(39-29)14-19-13-22(35-6)23(36-7)15-21(19)34-5/h9-16,26H,8H2,1-7H3/t26-/m0/s1. The van der Waals surface area contributed by atoms with Crippen LogP contribution in [0.15, 0.2) is 57.5 Å². The van der Waals surface area contributed by atoms with Gasteiger partial charge in [0, 0.05) is 11.6 Å². The van der Waals surface area contributed by atoms with E-state index in [1.807, 2.05) is 38.1 Å². The van der Waals surface area contributed by atoms with Crippen LogP contribution in [-0.4, -0.2) is 44.6 Å². The lowest BCUT2D eigenvalue weighted by atomic mass is 9.96. The number of fused-ring (bicyclic) bond motifs is 1. The summed E-state index contributed by atoms with van der Waals surface area (Å²) in [5.74, 6) is 1.70. The molecule has 0 saturated heterocycles. The number of allylic oxidation sites excluding steroid dienone is 1. The summed E-state index contributed by atoms with van der Waals surface area (Å²) in [7, 11) is 4.63. The molecule has 0 spiro atoms. The molecule has 0 fully saturated rings. The van der Waals surface area contributed by atoms with Crippen LogP contribution in [0.25, 0.3) is 6.08 Å². The molecule has 1 aliphatic rings. The number of thiazole rings is 1. The first-order chi connectivity index (χ1) is 18.7. The monoisotopic (exact) mass is 552 g/mol. The summed E-state index contributed by atoms with van der Waals surface area (Å²) in [5.41, 5.74) is 1.89. The highest BCUT2D eigenvalue weighted by Crippen LogP contribution is 2.35. The molecule has 10 heteroatoms. The highest BCUT2D eigenvalue weighted by molar-refractivity contribution is 7.07. The van der Waals surface area contributed by atoms with Crippen molar-refractivity contribution in [2.24, 2.45) is 4.99 Å². The molecule has 0 N–H and O–H groups in total. The first kappa shape index (κ1) is 28.0. The second kappa shape index (κ2) is 11.8. The Kier molecular flexibility index (Phi) is 8.44. The van der Waals surface area contributed by atoms with Crippen molar-refractivity contribution in [3.05, 3.63) is 78.5 Å². The topological polar surface area (TPSA) is 97.6 Å². The summed E-state index contributed by atoms with van der Waals surface area (Å²) in [6, 6.07) is 10.1. The van der Waals surface area contributed by atoms with Crippen LogP contribution in [0, 0.1) is 0 Å². The van der Waals surface area contributed by atoms with Gasteiger partial charge in [0.25, 0.3) is 5.56 Å². The Morgan fingerprint density at radius 3 is 2.28 bits per heavy atom. The molecule has 0 saturated carbocycles. The largest absolute Gasteiger partial charge is 0.496 e. The van der Waals surface area contributed by atoms with Crippen molar-refractivity contribution in [2.45, 2.75) is 39.8 Å². The Labute approximate surface area is 230 Å². The van der Waals surface area contributed by atoms with E-state index in [9.17, 15) is 9.59 Å². The zero-order valence-electron chi connectivity index (χ0n) is 23.1. The Morgan fingerprint density at radius 2 is 1.69 bits per heavy atom. The first-order valence-corrected chi connectivity index (χ1v) is 13.3. The molecule has 1 aliphatic heterocycles. The number of aromatic nitrogens is 1. The molecule has 9 nitrogen and oxygen atoms in total. The molecule has 0 unspecified atom stereocenters. The third-order valence-corrected chi connectivity index (χ3v) is 7.09. The molecule has 0 amide bonds. The van der Waals surface area contributed by atoms with Gasteiger partial charge in [0.15, 0.2) is 16.3 Å². The molecule has 2 aromatic carbocycles. The Morgan fingerprint density at radius 1 is 1.05 bits per heavy atom. The minimum Gasteiger partial charge on any atom is -0.496 e. The average molecular weight is 553 g/mol. The quantitative estimate of drug-likeness (QED) is 0.374. The lowest BCUT2D eigenvalue weighted by molar-refractivity contribution is -0.139. The maximum absolute atomic E-state index is 13.9. The third-order valence-electron chi connectivity index (χ3n) is 6.11. The van der Waals surface area contributed by atoms with E-state index in [-0.39, 0.29) is 18.3 Å². The van der Waals surface area contributed by atoms with E-state index in [0.29, 0.717) is 49.2 Å². The Hall–Kier alpha value is -4.05. The van der Waals surface area contributed by atoms with Crippen LogP contribution in [0.2, 0.25) is 0 Å². The smallest absolute Gasteiger partial charge is 0.338 e. The van der Waals surface area contributed by atoms with E-state index in [0.717, 1.165) is 5.56 Å². The fraction of sp³-hybridized carbons (Fsp3) is 0.345. The van der Waals surface area contributed by atoms with Gasteiger partial charge in [-0.05, 0) is 57.5 Å². The minimum absolute atomic E-state index is 0.0133. The van der Waals surface area contributed by atoms with Gasteiger partial charge in [0.1, 0.15) is 11.5 Å². The number of benzene rings is 2. The lowest BCUT2D eigenvalue weighted by Crippen LogP contribution is -2.39. The molecule has 2 heterocycles. The molecule has 1 aromatic heterocycles. The average Bonchev–Trinajstić information content (AvgIpc) is 3.21. The molecule has 39 heavy (non-hydrogen) atoms. The molecule has 206 valence electrons. The van der Waals surface area contributed by atoms with Gasteiger partial charge in [-0.25, -0.2) is 9.79 Å². The van der Waals surface area contributed by atoms with E-state index in [2.05, 4.69) is 4.99 Å². The predicted octanol–water partition coefficient (Wildman–Crippen LogP) is 3.61. The van der Waals surface area contributed by atoms with E-state index in [1.165, 1.54) is 11.3 Å². The second-order valence-electron chi connectivity index (χ2n) is 8.99. The van der Waals surface area contributed by atoms with E-state index < -0.39 is 12.0 Å². The molecule has 0 radical (unpaired) electrons. The zero-order chi connectivity index (χ0) is 28.3. The van der Waals surface area contributed by atoms with Crippen molar-refractivity contribution in [3.63, 3.8) is 0 Å². The van der Waals surface area contributed by atoms with Crippen LogP contribution in [0.5, 0.6) is 23.0 Å². The van der Waals surface area contributed by atoms with Crippen LogP contribution < -0.4 is 33.8 Å². The van der Waals surface area contributed by atoms with Crippen molar-refractivity contribution in [3.8, 4) is 23.0 Å². The van der Waals surface area contributed by atoms with Gasteiger partial charge >= 0.3 is 5.97 Å². The molecular weight excluding hydrogens is 520 g/mol. The SMILES string of the molecule is CCOC(=O)C1=C(C)N=c2sc(=Cc3cc(OC)c(OC)cc3OC)c(=O)n2[C@H]1c1ccc(OC(C)C)cc1. The van der Waals surface area contributed by atoms with Gasteiger partial charge in [-0.1, -0.05) is 23.5 Å². The highest BCUT2D eigenvalue weighted by atomic mass is 32.1. The molecule has 3 aromatic rings. The van der Waals surface area contributed by atoms with Crippen molar-refractivity contribution < 1.29 is 28.5 Å². The molecule has 1 atom stereocenters. The predicted molar refractivity (Wildman–Crippen MR) is 149 cm³/mol. The van der Waals surface area contributed by atoms with Crippen LogP contribution >= 0.6 is 11.3 Å². The van der Waals surface area contributed by atoms with Crippen LogP contribution in [0.1, 0.15) is 44.9 Å². The number of carbonyl (C=O) groups is 1. The fourth-order valence-electron chi connectivity index (χ4n) is 4.41. The number of esters is 1. The molecule has 4 rings (SSSR count). The van der Waals surface area contributed by atoms with Gasteiger partial charge in [-0.2, -0.15) is 0 Å². The van der Waals surface area contributed by atoms with Crippen LogP contribution in [0.4, 0.5) is 0 Å². The summed E-state index contributed by atoms with van der Waals surface area (Å²) in [4.78, 5) is 32.1. The number of hydrogen-bond donors (Lipinski definition) is 0. The van der Waals surface area contributed by atoms with Crippen molar-refractivity contribution in [1.82, 2.24) is 4.57 Å². The number of methoxy groups -OCH3 is 3. The summed E-state index contributed by atoms with van der Waals surface area (Å²) in [6.45, 7) is 7.60. The van der Waals surface area contributed by atoms with Gasteiger partial charge in [-0.15, -0.1) is 0 Å². The third kappa shape index (κ3) is 5.56. The first-order valence-electron chi connectivity index (χ1n) is 12.5. The molecular formula is C29H32N2O7S. The summed E-state index contributed by atoms with van der Waals surface area (Å²) >= 11 is 1.23. The van der Waals surface area contributed by atoms with E-state index in [1.54, 1.807) is 58.0 Å². The number of hydrogen-bond acceptors (Lipinski definition) is 9. The van der Waals surface area contributed by atoms with Gasteiger partial charge < -0.3 is 23.7 Å². The lowest BCUT2D eigenvalue weighted by Gasteiger charge is -2.25. The van der Waals surface area contributed by atoms with Crippen molar-refractivity contribution in [1.29, 1.82) is 0 Å². The van der Waals surface area contributed by atoms with Crippen LogP contribution in [-0.2, 0) is 9.53 Å². The molecule has 0 bridgehead atoms. The maximum atomic E-state index is 13.9. The van der Waals surface area contributed by atoms with E-state index in [4.69, 9.17) is 23.7 Å². The van der Waals surface area contributed by atoms with Gasteiger partial charge in [-0.3, -0.25) is 9.36 Å². The number of carbonyl (C=O) groups excluding carboxylic acids is 1. The minimum atomic E-state index is -0.720. The normalized spacial score (nSPS) is 15.1. The van der Waals surface area contributed by atoms with Crippen molar-refractivity contribution in [2.75, 3.05) is 27.9 Å². The number of rotatable bonds is 9. The Balaban J connectivity index is 1.92. The van der Waals surface area contributed by atoms with E-state index >= 15 is 0 Å². The maximum Gasteiger partial charge on any atom is 0.338 e. The van der Waals surface area contributed by atoms with Crippen molar-refractivity contribution >= 4 is 23.4 Å². The number of nitrogens with zero attached hydrogens (tertiary/aromatic N) is 2. The Bertz CT molecular complexity index is 1580. The summed E-state index contributed by atoms with van der Waals surface area (Å²) in [5, 5.41) is 0. The summed E-state index contributed by atoms with van der Waals surface area (Å²) in [6.07, 6.45) is 1.74. The highest BCUT2D eigenvalue weighted by Gasteiger charge is 2.33. The van der Waals surface area contributed by atoms with Crippen LogP contribution in [0.3, 0.4) is 0 Å². The van der Waals surface area contributed by atoms with Gasteiger partial charge in [0.05, 0.1) is 55.9 Å². The second-order valence-corrected chi connectivity index (χ2v) is 10.00. The summed E-state index contributed by atoms with van der Waals surface area (Å²) < 4.78 is 29.5. The number of ether oxygens (including phenoxy) is 5. The van der Waals surface area contributed by atoms with Gasteiger partial charge in [0.2, 0.25) is 0 Å².